The topological polar surface area (TPSA) is 33.1 Å². The van der Waals surface area contributed by atoms with Crippen molar-refractivity contribution in [1.82, 2.24) is 4.98 Å². The number of halogens is 2. The number of rotatable bonds is 2. The number of benzene rings is 1. The van der Waals surface area contributed by atoms with Crippen LogP contribution in [0, 0.1) is 0 Å². The SMILES string of the molecule is Oc1cc(Cl)c(Cl)cc1Cc1ccncc1. The van der Waals surface area contributed by atoms with Crippen molar-refractivity contribution in [2.45, 2.75) is 6.42 Å². The lowest BCUT2D eigenvalue weighted by Gasteiger charge is -2.06. The Morgan fingerprint density at radius 2 is 1.69 bits per heavy atom. The van der Waals surface area contributed by atoms with Crippen LogP contribution in [-0.2, 0) is 6.42 Å². The van der Waals surface area contributed by atoms with E-state index in [-0.39, 0.29) is 5.75 Å². The zero-order valence-corrected chi connectivity index (χ0v) is 9.83. The largest absolute Gasteiger partial charge is 0.508 e. The summed E-state index contributed by atoms with van der Waals surface area (Å²) in [5.41, 5.74) is 1.81. The van der Waals surface area contributed by atoms with Gasteiger partial charge in [-0.25, -0.2) is 0 Å². The maximum absolute atomic E-state index is 9.72. The average molecular weight is 254 g/mol. The Kier molecular flexibility index (Phi) is 3.32. The van der Waals surface area contributed by atoms with E-state index in [9.17, 15) is 5.11 Å². The molecule has 0 bridgehead atoms. The third-order valence-electron chi connectivity index (χ3n) is 2.27. The molecule has 0 saturated carbocycles. The first-order valence-corrected chi connectivity index (χ1v) is 5.48. The molecular weight excluding hydrogens is 245 g/mol. The van der Waals surface area contributed by atoms with E-state index in [1.807, 2.05) is 12.1 Å². The summed E-state index contributed by atoms with van der Waals surface area (Å²) in [6.45, 7) is 0. The van der Waals surface area contributed by atoms with E-state index in [1.165, 1.54) is 6.07 Å². The summed E-state index contributed by atoms with van der Waals surface area (Å²) in [4.78, 5) is 3.93. The van der Waals surface area contributed by atoms with Crippen LogP contribution in [0.4, 0.5) is 0 Å². The van der Waals surface area contributed by atoms with Gasteiger partial charge in [0.25, 0.3) is 0 Å². The molecule has 0 amide bonds. The van der Waals surface area contributed by atoms with Crippen LogP contribution in [0.5, 0.6) is 5.75 Å². The second-order valence-electron chi connectivity index (χ2n) is 3.43. The summed E-state index contributed by atoms with van der Waals surface area (Å²) in [5, 5.41) is 10.5. The summed E-state index contributed by atoms with van der Waals surface area (Å²) >= 11 is 11.7. The van der Waals surface area contributed by atoms with Crippen molar-refractivity contribution < 1.29 is 5.11 Å². The van der Waals surface area contributed by atoms with Gasteiger partial charge >= 0.3 is 0 Å². The number of phenolic OH excluding ortho intramolecular Hbond substituents is 1. The van der Waals surface area contributed by atoms with Crippen molar-refractivity contribution in [3.63, 3.8) is 0 Å². The summed E-state index contributed by atoms with van der Waals surface area (Å²) in [5.74, 6) is 0.159. The first kappa shape index (κ1) is 11.2. The van der Waals surface area contributed by atoms with Crippen LogP contribution in [0.3, 0.4) is 0 Å². The molecule has 1 heterocycles. The lowest BCUT2D eigenvalue weighted by molar-refractivity contribution is 0.469. The summed E-state index contributed by atoms with van der Waals surface area (Å²) in [7, 11) is 0. The van der Waals surface area contributed by atoms with E-state index in [2.05, 4.69) is 4.98 Å². The van der Waals surface area contributed by atoms with E-state index in [0.717, 1.165) is 11.1 Å². The molecule has 82 valence electrons. The molecule has 0 aliphatic carbocycles. The zero-order chi connectivity index (χ0) is 11.5. The van der Waals surface area contributed by atoms with Gasteiger partial charge in [-0.05, 0) is 29.3 Å². The molecule has 1 aromatic heterocycles. The number of nitrogens with zero attached hydrogens (tertiary/aromatic N) is 1. The van der Waals surface area contributed by atoms with Crippen LogP contribution in [0.1, 0.15) is 11.1 Å². The second kappa shape index (κ2) is 4.73. The molecule has 2 nitrogen and oxygen atoms in total. The molecule has 2 aromatic rings. The van der Waals surface area contributed by atoms with E-state index in [0.29, 0.717) is 16.5 Å². The van der Waals surface area contributed by atoms with Crippen molar-refractivity contribution >= 4 is 23.2 Å². The van der Waals surface area contributed by atoms with Gasteiger partial charge in [0.15, 0.2) is 0 Å². The van der Waals surface area contributed by atoms with Crippen LogP contribution in [-0.4, -0.2) is 10.1 Å². The van der Waals surface area contributed by atoms with Gasteiger partial charge in [0.1, 0.15) is 5.75 Å². The smallest absolute Gasteiger partial charge is 0.120 e. The van der Waals surface area contributed by atoms with Crippen LogP contribution in [0.25, 0.3) is 0 Å². The van der Waals surface area contributed by atoms with Crippen LogP contribution in [0.2, 0.25) is 10.0 Å². The highest BCUT2D eigenvalue weighted by molar-refractivity contribution is 6.42. The Morgan fingerprint density at radius 3 is 2.38 bits per heavy atom. The Balaban J connectivity index is 2.32. The maximum Gasteiger partial charge on any atom is 0.120 e. The fourth-order valence-corrected chi connectivity index (χ4v) is 1.78. The van der Waals surface area contributed by atoms with Crippen molar-refractivity contribution in [1.29, 1.82) is 0 Å². The fourth-order valence-electron chi connectivity index (χ4n) is 1.44. The molecule has 0 radical (unpaired) electrons. The molecule has 4 heteroatoms. The Hall–Kier alpha value is -1.25. The molecule has 1 N–H and O–H groups in total. The molecule has 0 fully saturated rings. The van der Waals surface area contributed by atoms with Gasteiger partial charge in [0, 0.05) is 24.9 Å². The molecule has 0 aliphatic rings. The molecule has 2 rings (SSSR count). The van der Waals surface area contributed by atoms with Crippen molar-refractivity contribution in [3.8, 4) is 5.75 Å². The molecule has 16 heavy (non-hydrogen) atoms. The Labute approximate surface area is 103 Å². The highest BCUT2D eigenvalue weighted by atomic mass is 35.5. The average Bonchev–Trinajstić information content (AvgIpc) is 2.27. The van der Waals surface area contributed by atoms with Gasteiger partial charge in [-0.2, -0.15) is 0 Å². The predicted octanol–water partition coefficient (Wildman–Crippen LogP) is 3.68. The number of phenols is 1. The minimum absolute atomic E-state index is 0.159. The number of pyridine rings is 1. The van der Waals surface area contributed by atoms with Gasteiger partial charge in [0.2, 0.25) is 0 Å². The second-order valence-corrected chi connectivity index (χ2v) is 4.24. The van der Waals surface area contributed by atoms with E-state index in [4.69, 9.17) is 23.2 Å². The lowest BCUT2D eigenvalue weighted by atomic mass is 10.1. The monoisotopic (exact) mass is 253 g/mol. The minimum Gasteiger partial charge on any atom is -0.508 e. The number of hydrogen-bond acceptors (Lipinski definition) is 2. The lowest BCUT2D eigenvalue weighted by Crippen LogP contribution is -1.89. The standard InChI is InChI=1S/C12H9Cl2NO/c13-10-6-9(12(16)7-11(10)14)5-8-1-3-15-4-2-8/h1-4,6-7,16H,5H2. The quantitative estimate of drug-likeness (QED) is 0.886. The van der Waals surface area contributed by atoms with Crippen molar-refractivity contribution in [3.05, 3.63) is 57.8 Å². The number of aromatic hydroxyl groups is 1. The first-order valence-electron chi connectivity index (χ1n) is 4.72. The van der Waals surface area contributed by atoms with Gasteiger partial charge < -0.3 is 5.11 Å². The number of hydrogen-bond donors (Lipinski definition) is 1. The summed E-state index contributed by atoms with van der Waals surface area (Å²) in [6.07, 6.45) is 4.03. The highest BCUT2D eigenvalue weighted by Gasteiger charge is 2.07. The predicted molar refractivity (Wildman–Crippen MR) is 65.2 cm³/mol. The molecule has 1 aromatic carbocycles. The van der Waals surface area contributed by atoms with Gasteiger partial charge in [0.05, 0.1) is 10.0 Å². The maximum atomic E-state index is 9.72. The number of aromatic nitrogens is 1. The Bertz CT molecular complexity index is 500. The van der Waals surface area contributed by atoms with Crippen LogP contribution < -0.4 is 0 Å². The molecule has 0 unspecified atom stereocenters. The molecule has 0 aliphatic heterocycles. The van der Waals surface area contributed by atoms with E-state index >= 15 is 0 Å². The molecule has 0 spiro atoms. The highest BCUT2D eigenvalue weighted by Crippen LogP contribution is 2.30. The minimum atomic E-state index is 0.159. The Morgan fingerprint density at radius 1 is 1.06 bits per heavy atom. The van der Waals surface area contributed by atoms with Crippen molar-refractivity contribution in [2.75, 3.05) is 0 Å². The van der Waals surface area contributed by atoms with Crippen LogP contribution in [0.15, 0.2) is 36.7 Å². The van der Waals surface area contributed by atoms with E-state index in [1.54, 1.807) is 18.5 Å². The first-order chi connectivity index (χ1) is 7.66. The summed E-state index contributed by atoms with van der Waals surface area (Å²) in [6, 6.07) is 6.92. The van der Waals surface area contributed by atoms with Crippen LogP contribution >= 0.6 is 23.2 Å². The van der Waals surface area contributed by atoms with Gasteiger partial charge in [-0.1, -0.05) is 23.2 Å². The molecule has 0 saturated heterocycles. The summed E-state index contributed by atoms with van der Waals surface area (Å²) < 4.78 is 0. The zero-order valence-electron chi connectivity index (χ0n) is 8.32. The molecular formula is C12H9Cl2NO. The normalized spacial score (nSPS) is 10.4. The van der Waals surface area contributed by atoms with Crippen molar-refractivity contribution in [2.24, 2.45) is 0 Å². The third kappa shape index (κ3) is 2.46. The van der Waals surface area contributed by atoms with Gasteiger partial charge in [-0.3, -0.25) is 4.98 Å². The van der Waals surface area contributed by atoms with E-state index < -0.39 is 0 Å². The fraction of sp³-hybridized carbons (Fsp3) is 0.0833. The third-order valence-corrected chi connectivity index (χ3v) is 2.99. The van der Waals surface area contributed by atoms with Gasteiger partial charge in [-0.15, -0.1) is 0 Å². The molecule has 0 atom stereocenters.